The van der Waals surface area contributed by atoms with Crippen LogP contribution in [0, 0.1) is 0 Å². The van der Waals surface area contributed by atoms with E-state index in [1.165, 1.54) is 11.6 Å². The van der Waals surface area contributed by atoms with E-state index in [9.17, 15) is 9.59 Å². The largest absolute Gasteiger partial charge is 0.339 e. The van der Waals surface area contributed by atoms with Crippen LogP contribution in [0.3, 0.4) is 0 Å². The molecule has 2 aromatic rings. The van der Waals surface area contributed by atoms with Gasteiger partial charge >= 0.3 is 5.69 Å². The Bertz CT molecular complexity index is 772. The second kappa shape index (κ2) is 4.12. The van der Waals surface area contributed by atoms with Gasteiger partial charge in [0.1, 0.15) is 0 Å². The van der Waals surface area contributed by atoms with Crippen molar-refractivity contribution < 1.29 is 0 Å². The van der Waals surface area contributed by atoms with Crippen LogP contribution in [0.1, 0.15) is 0 Å². The standard InChI is InChI=1S/C11H14ClN5O2/c1-14-8-7(9(18)15(2)11(14)19)17-6-5-16(4-3-12)10(17)13-8/h3-6H2,1-2H3. The van der Waals surface area contributed by atoms with Gasteiger partial charge in [0.25, 0.3) is 5.56 Å². The Morgan fingerprint density at radius 3 is 2.63 bits per heavy atom. The molecule has 1 aliphatic heterocycles. The monoisotopic (exact) mass is 283 g/mol. The molecule has 0 N–H and O–H groups in total. The average Bonchev–Trinajstić information content (AvgIpc) is 2.94. The molecule has 102 valence electrons. The molecule has 0 fully saturated rings. The Morgan fingerprint density at radius 2 is 1.95 bits per heavy atom. The molecule has 19 heavy (non-hydrogen) atoms. The fourth-order valence-corrected chi connectivity index (χ4v) is 2.73. The van der Waals surface area contributed by atoms with Crippen LogP contribution in [0.4, 0.5) is 5.95 Å². The molecule has 0 unspecified atom stereocenters. The van der Waals surface area contributed by atoms with Crippen molar-refractivity contribution in [2.75, 3.05) is 23.9 Å². The number of fused-ring (bicyclic) bond motifs is 3. The maximum Gasteiger partial charge on any atom is 0.332 e. The van der Waals surface area contributed by atoms with E-state index in [-0.39, 0.29) is 11.2 Å². The summed E-state index contributed by atoms with van der Waals surface area (Å²) in [7, 11) is 3.11. The van der Waals surface area contributed by atoms with Gasteiger partial charge in [-0.3, -0.25) is 13.9 Å². The second-order valence-electron chi connectivity index (χ2n) is 4.62. The second-order valence-corrected chi connectivity index (χ2v) is 5.00. The molecule has 3 heterocycles. The maximum atomic E-state index is 12.2. The summed E-state index contributed by atoms with van der Waals surface area (Å²) < 4.78 is 4.38. The summed E-state index contributed by atoms with van der Waals surface area (Å²) in [5, 5.41) is 0. The van der Waals surface area contributed by atoms with Gasteiger partial charge in [0.15, 0.2) is 11.2 Å². The van der Waals surface area contributed by atoms with Crippen LogP contribution in [-0.2, 0) is 20.6 Å². The minimum Gasteiger partial charge on any atom is -0.339 e. The summed E-state index contributed by atoms with van der Waals surface area (Å²) in [5.74, 6) is 1.22. The highest BCUT2D eigenvalue weighted by Gasteiger charge is 2.26. The van der Waals surface area contributed by atoms with Crippen molar-refractivity contribution in [2.45, 2.75) is 6.54 Å². The predicted octanol–water partition coefficient (Wildman–Crippen LogP) is -0.508. The lowest BCUT2D eigenvalue weighted by Crippen LogP contribution is -2.37. The van der Waals surface area contributed by atoms with Gasteiger partial charge in [-0.05, 0) is 0 Å². The highest BCUT2D eigenvalue weighted by Crippen LogP contribution is 2.24. The molecule has 8 heteroatoms. The van der Waals surface area contributed by atoms with Gasteiger partial charge < -0.3 is 9.47 Å². The van der Waals surface area contributed by atoms with Gasteiger partial charge in [-0.2, -0.15) is 4.98 Å². The third kappa shape index (κ3) is 1.54. The van der Waals surface area contributed by atoms with Gasteiger partial charge in [-0.1, -0.05) is 0 Å². The molecule has 3 rings (SSSR count). The van der Waals surface area contributed by atoms with Gasteiger partial charge in [0, 0.05) is 39.6 Å². The lowest BCUT2D eigenvalue weighted by Gasteiger charge is -2.12. The number of hydrogen-bond donors (Lipinski definition) is 0. The van der Waals surface area contributed by atoms with E-state index in [1.807, 2.05) is 9.47 Å². The Hall–Kier alpha value is -1.76. The molecule has 0 radical (unpaired) electrons. The summed E-state index contributed by atoms with van der Waals surface area (Å²) >= 11 is 5.76. The molecule has 0 spiro atoms. The van der Waals surface area contributed by atoms with Crippen LogP contribution in [0.5, 0.6) is 0 Å². The third-order valence-corrected chi connectivity index (χ3v) is 3.73. The van der Waals surface area contributed by atoms with Crippen LogP contribution in [0.25, 0.3) is 11.2 Å². The van der Waals surface area contributed by atoms with Crippen LogP contribution in [0.15, 0.2) is 9.59 Å². The third-order valence-electron chi connectivity index (χ3n) is 3.56. The van der Waals surface area contributed by atoms with Crippen LogP contribution < -0.4 is 16.1 Å². The number of imidazole rings is 1. The van der Waals surface area contributed by atoms with E-state index in [1.54, 1.807) is 7.05 Å². The van der Waals surface area contributed by atoms with Crippen LogP contribution in [0.2, 0.25) is 0 Å². The molecular weight excluding hydrogens is 270 g/mol. The first-order valence-electron chi connectivity index (χ1n) is 6.03. The van der Waals surface area contributed by atoms with E-state index >= 15 is 0 Å². The highest BCUT2D eigenvalue weighted by atomic mass is 35.5. The number of aryl methyl sites for hydroxylation is 1. The lowest BCUT2D eigenvalue weighted by atomic mass is 10.5. The minimum absolute atomic E-state index is 0.301. The zero-order valence-electron chi connectivity index (χ0n) is 10.8. The molecular formula is C11H14ClN5O2. The quantitative estimate of drug-likeness (QED) is 0.697. The zero-order valence-corrected chi connectivity index (χ0v) is 11.5. The first kappa shape index (κ1) is 12.3. The fraction of sp³-hybridized carbons (Fsp3) is 0.545. The SMILES string of the molecule is Cn1c(=O)c2c(nc3n2CCN3CCCl)n(C)c1=O. The number of anilines is 1. The number of halogens is 1. The molecule has 0 saturated heterocycles. The lowest BCUT2D eigenvalue weighted by molar-refractivity contribution is 0.699. The first-order valence-corrected chi connectivity index (χ1v) is 6.57. The zero-order chi connectivity index (χ0) is 13.7. The van der Waals surface area contributed by atoms with E-state index in [0.29, 0.717) is 36.1 Å². The van der Waals surface area contributed by atoms with E-state index in [2.05, 4.69) is 4.98 Å². The highest BCUT2D eigenvalue weighted by molar-refractivity contribution is 6.18. The fourth-order valence-electron chi connectivity index (χ4n) is 2.52. The number of nitrogens with zero attached hydrogens (tertiary/aromatic N) is 5. The van der Waals surface area contributed by atoms with E-state index in [4.69, 9.17) is 11.6 Å². The molecule has 0 saturated carbocycles. The maximum absolute atomic E-state index is 12.2. The van der Waals surface area contributed by atoms with Crippen molar-refractivity contribution in [2.24, 2.45) is 14.1 Å². The number of aromatic nitrogens is 4. The topological polar surface area (TPSA) is 65.1 Å². The van der Waals surface area contributed by atoms with Gasteiger partial charge in [0.05, 0.1) is 0 Å². The van der Waals surface area contributed by atoms with Crippen molar-refractivity contribution in [3.05, 3.63) is 20.8 Å². The van der Waals surface area contributed by atoms with Gasteiger partial charge in [0.2, 0.25) is 5.95 Å². The van der Waals surface area contributed by atoms with Crippen LogP contribution in [-0.4, -0.2) is 37.7 Å². The van der Waals surface area contributed by atoms with Crippen molar-refractivity contribution in [3.8, 4) is 0 Å². The van der Waals surface area contributed by atoms with Crippen molar-refractivity contribution >= 4 is 28.7 Å². The Kier molecular flexibility index (Phi) is 2.67. The number of alkyl halides is 1. The molecule has 2 aromatic heterocycles. The Labute approximate surface area is 113 Å². The predicted molar refractivity (Wildman–Crippen MR) is 73.1 cm³/mol. The Morgan fingerprint density at radius 1 is 1.21 bits per heavy atom. The summed E-state index contributed by atoms with van der Waals surface area (Å²) in [6, 6.07) is 0. The smallest absolute Gasteiger partial charge is 0.332 e. The minimum atomic E-state index is -0.363. The summed E-state index contributed by atoms with van der Waals surface area (Å²) in [6.45, 7) is 2.16. The molecule has 1 aliphatic rings. The first-order chi connectivity index (χ1) is 9.06. The van der Waals surface area contributed by atoms with Crippen LogP contribution >= 0.6 is 11.6 Å². The molecule has 0 aromatic carbocycles. The summed E-state index contributed by atoms with van der Waals surface area (Å²) in [6.07, 6.45) is 0. The van der Waals surface area contributed by atoms with Gasteiger partial charge in [-0.15, -0.1) is 11.6 Å². The average molecular weight is 284 g/mol. The molecule has 0 bridgehead atoms. The van der Waals surface area contributed by atoms with Crippen molar-refractivity contribution in [3.63, 3.8) is 0 Å². The Balaban J connectivity index is 2.37. The van der Waals surface area contributed by atoms with E-state index < -0.39 is 0 Å². The normalized spacial score (nSPS) is 14.4. The number of hydrogen-bond acceptors (Lipinski definition) is 4. The van der Waals surface area contributed by atoms with Crippen molar-refractivity contribution in [1.29, 1.82) is 0 Å². The molecule has 0 amide bonds. The summed E-state index contributed by atoms with van der Waals surface area (Å²) in [4.78, 5) is 30.6. The van der Waals surface area contributed by atoms with Crippen molar-refractivity contribution in [1.82, 2.24) is 18.7 Å². The van der Waals surface area contributed by atoms with E-state index in [0.717, 1.165) is 11.1 Å². The number of rotatable bonds is 2. The molecule has 7 nitrogen and oxygen atoms in total. The summed E-state index contributed by atoms with van der Waals surface area (Å²) in [5.41, 5.74) is 0.252. The molecule has 0 aliphatic carbocycles. The molecule has 0 atom stereocenters. The van der Waals surface area contributed by atoms with Gasteiger partial charge in [-0.25, -0.2) is 4.79 Å².